The molecule has 0 aromatic rings. The molecule has 1 aliphatic carbocycles. The maximum atomic E-state index is 10.1. The van der Waals surface area contributed by atoms with Crippen LogP contribution in [-0.4, -0.2) is 5.54 Å². The molecule has 8 heavy (non-hydrogen) atoms. The molecule has 0 aromatic carbocycles. The molecule has 0 atom stereocenters. The molecule has 1 saturated carbocycles. The van der Waals surface area contributed by atoms with Crippen LogP contribution >= 0.6 is 0 Å². The summed E-state index contributed by atoms with van der Waals surface area (Å²) in [6.45, 7) is 1.94. The zero-order chi connectivity index (χ0) is 6.04. The van der Waals surface area contributed by atoms with Crippen LogP contribution in [0.15, 0.2) is 5.18 Å². The first-order valence-electron chi connectivity index (χ1n) is 3.11. The van der Waals surface area contributed by atoms with Crippen LogP contribution in [0, 0.1) is 4.91 Å². The minimum atomic E-state index is -0.194. The molecule has 2 nitrogen and oxygen atoms in total. The van der Waals surface area contributed by atoms with Crippen molar-refractivity contribution in [3.05, 3.63) is 4.91 Å². The predicted octanol–water partition coefficient (Wildman–Crippen LogP) is 2.09. The Kier molecular flexibility index (Phi) is 1.32. The third-order valence-corrected chi connectivity index (χ3v) is 1.90. The van der Waals surface area contributed by atoms with Crippen LogP contribution in [0.1, 0.15) is 32.6 Å². The first-order chi connectivity index (χ1) is 3.77. The third-order valence-electron chi connectivity index (χ3n) is 1.90. The molecule has 0 amide bonds. The Morgan fingerprint density at radius 1 is 1.38 bits per heavy atom. The van der Waals surface area contributed by atoms with E-state index in [4.69, 9.17) is 0 Å². The molecule has 0 aromatic heterocycles. The van der Waals surface area contributed by atoms with Crippen LogP contribution < -0.4 is 0 Å². The molecule has 0 saturated heterocycles. The zero-order valence-electron chi connectivity index (χ0n) is 5.18. The van der Waals surface area contributed by atoms with Gasteiger partial charge >= 0.3 is 0 Å². The van der Waals surface area contributed by atoms with Crippen LogP contribution in [-0.2, 0) is 0 Å². The van der Waals surface area contributed by atoms with Crippen molar-refractivity contribution in [2.24, 2.45) is 5.18 Å². The second-order valence-electron chi connectivity index (χ2n) is 2.80. The van der Waals surface area contributed by atoms with Gasteiger partial charge in [0.15, 0.2) is 0 Å². The molecule has 46 valence electrons. The molecule has 0 aliphatic heterocycles. The molecule has 0 heterocycles. The van der Waals surface area contributed by atoms with E-state index in [2.05, 4.69) is 5.18 Å². The number of nitroso groups, excluding NO2 is 1. The van der Waals surface area contributed by atoms with Crippen LogP contribution in [0.5, 0.6) is 0 Å². The van der Waals surface area contributed by atoms with Gasteiger partial charge < -0.3 is 0 Å². The van der Waals surface area contributed by atoms with Gasteiger partial charge in [0.1, 0.15) is 0 Å². The summed E-state index contributed by atoms with van der Waals surface area (Å²) in [5.74, 6) is 0. The van der Waals surface area contributed by atoms with Gasteiger partial charge in [-0.3, -0.25) is 0 Å². The Bertz CT molecular complexity index is 94.7. The summed E-state index contributed by atoms with van der Waals surface area (Å²) >= 11 is 0. The minimum absolute atomic E-state index is 0.194. The van der Waals surface area contributed by atoms with Crippen molar-refractivity contribution in [3.8, 4) is 0 Å². The van der Waals surface area contributed by atoms with Crippen molar-refractivity contribution in [1.29, 1.82) is 0 Å². The van der Waals surface area contributed by atoms with Gasteiger partial charge in [-0.15, -0.1) is 0 Å². The van der Waals surface area contributed by atoms with Gasteiger partial charge in [-0.1, -0.05) is 18.0 Å². The molecular weight excluding hydrogens is 102 g/mol. The van der Waals surface area contributed by atoms with E-state index in [1.807, 2.05) is 6.92 Å². The van der Waals surface area contributed by atoms with E-state index in [1.54, 1.807) is 0 Å². The van der Waals surface area contributed by atoms with Crippen LogP contribution in [0.4, 0.5) is 0 Å². The Labute approximate surface area is 49.3 Å². The van der Waals surface area contributed by atoms with Crippen LogP contribution in [0.3, 0.4) is 0 Å². The second-order valence-corrected chi connectivity index (χ2v) is 2.80. The van der Waals surface area contributed by atoms with E-state index in [0.29, 0.717) is 0 Å². The Balaban J connectivity index is 2.52. The van der Waals surface area contributed by atoms with Crippen molar-refractivity contribution in [1.82, 2.24) is 0 Å². The molecule has 2 heteroatoms. The van der Waals surface area contributed by atoms with Crippen molar-refractivity contribution < 1.29 is 0 Å². The molecule has 0 bridgehead atoms. The highest BCUT2D eigenvalue weighted by atomic mass is 16.3. The highest BCUT2D eigenvalue weighted by Gasteiger charge is 2.29. The van der Waals surface area contributed by atoms with Crippen LogP contribution in [0.25, 0.3) is 0 Å². The fourth-order valence-corrected chi connectivity index (χ4v) is 1.23. The van der Waals surface area contributed by atoms with E-state index in [0.717, 1.165) is 12.8 Å². The standard InChI is InChI=1S/C6H11NO/c1-6(7-8)4-2-3-5-6/h2-5H2,1H3. The molecule has 0 spiro atoms. The predicted molar refractivity (Wildman–Crippen MR) is 32.7 cm³/mol. The maximum Gasteiger partial charge on any atom is 0.0998 e. The Hall–Kier alpha value is -0.400. The SMILES string of the molecule is CC1(N=O)CCCC1. The van der Waals surface area contributed by atoms with Gasteiger partial charge in [0.05, 0.1) is 5.54 Å². The minimum Gasteiger partial charge on any atom is -0.150 e. The first kappa shape index (κ1) is 5.73. The quantitative estimate of drug-likeness (QED) is 0.479. The Morgan fingerprint density at radius 2 is 1.88 bits per heavy atom. The monoisotopic (exact) mass is 113 g/mol. The van der Waals surface area contributed by atoms with Gasteiger partial charge in [-0.25, -0.2) is 0 Å². The van der Waals surface area contributed by atoms with E-state index in [9.17, 15) is 4.91 Å². The average molecular weight is 113 g/mol. The summed E-state index contributed by atoms with van der Waals surface area (Å²) in [4.78, 5) is 10.1. The van der Waals surface area contributed by atoms with Crippen molar-refractivity contribution in [2.75, 3.05) is 0 Å². The lowest BCUT2D eigenvalue weighted by Crippen LogP contribution is -2.13. The van der Waals surface area contributed by atoms with E-state index in [1.165, 1.54) is 12.8 Å². The van der Waals surface area contributed by atoms with Crippen LogP contribution in [0.2, 0.25) is 0 Å². The summed E-state index contributed by atoms with van der Waals surface area (Å²) in [6.07, 6.45) is 4.36. The first-order valence-corrected chi connectivity index (χ1v) is 3.11. The number of nitrogens with zero attached hydrogens (tertiary/aromatic N) is 1. The zero-order valence-corrected chi connectivity index (χ0v) is 5.18. The van der Waals surface area contributed by atoms with Crippen molar-refractivity contribution in [2.45, 2.75) is 38.1 Å². The molecule has 0 unspecified atom stereocenters. The second kappa shape index (κ2) is 1.84. The summed E-state index contributed by atoms with van der Waals surface area (Å²) < 4.78 is 0. The lowest BCUT2D eigenvalue weighted by atomic mass is 10.0. The lowest BCUT2D eigenvalue weighted by molar-refractivity contribution is 0.486. The fourth-order valence-electron chi connectivity index (χ4n) is 1.23. The molecular formula is C6H11NO. The molecule has 1 fully saturated rings. The highest BCUT2D eigenvalue weighted by molar-refractivity contribution is 4.87. The molecule has 1 rings (SSSR count). The summed E-state index contributed by atoms with van der Waals surface area (Å²) in [5.41, 5.74) is -0.194. The van der Waals surface area contributed by atoms with Gasteiger partial charge in [0.25, 0.3) is 0 Å². The van der Waals surface area contributed by atoms with E-state index in [-0.39, 0.29) is 5.54 Å². The van der Waals surface area contributed by atoms with Gasteiger partial charge in [0, 0.05) is 0 Å². The van der Waals surface area contributed by atoms with Crippen molar-refractivity contribution >= 4 is 0 Å². The number of hydrogen-bond donors (Lipinski definition) is 0. The summed E-state index contributed by atoms with van der Waals surface area (Å²) in [6, 6.07) is 0. The smallest absolute Gasteiger partial charge is 0.0998 e. The van der Waals surface area contributed by atoms with E-state index >= 15 is 0 Å². The molecule has 0 radical (unpaired) electrons. The van der Waals surface area contributed by atoms with E-state index < -0.39 is 0 Å². The fraction of sp³-hybridized carbons (Fsp3) is 1.00. The summed E-state index contributed by atoms with van der Waals surface area (Å²) in [5, 5.41) is 3.07. The molecule has 1 aliphatic rings. The topological polar surface area (TPSA) is 29.4 Å². The number of hydrogen-bond acceptors (Lipinski definition) is 2. The molecule has 0 N–H and O–H groups in total. The largest absolute Gasteiger partial charge is 0.150 e. The highest BCUT2D eigenvalue weighted by Crippen LogP contribution is 2.31. The van der Waals surface area contributed by atoms with Gasteiger partial charge in [0.2, 0.25) is 0 Å². The Morgan fingerprint density at radius 3 is 2.12 bits per heavy atom. The normalized spacial score (nSPS) is 25.6. The average Bonchev–Trinajstić information content (AvgIpc) is 2.17. The third kappa shape index (κ3) is 0.881. The van der Waals surface area contributed by atoms with Crippen molar-refractivity contribution in [3.63, 3.8) is 0 Å². The van der Waals surface area contributed by atoms with Gasteiger partial charge in [-0.05, 0) is 19.8 Å². The number of rotatable bonds is 1. The lowest BCUT2D eigenvalue weighted by Gasteiger charge is -2.09. The maximum absolute atomic E-state index is 10.1. The summed E-state index contributed by atoms with van der Waals surface area (Å²) in [7, 11) is 0. The van der Waals surface area contributed by atoms with Gasteiger partial charge in [-0.2, -0.15) is 4.91 Å².